The van der Waals surface area contributed by atoms with Crippen molar-refractivity contribution >= 4 is 17.5 Å². The van der Waals surface area contributed by atoms with Gasteiger partial charge in [0.05, 0.1) is 12.8 Å². The third kappa shape index (κ3) is 4.23. The summed E-state index contributed by atoms with van der Waals surface area (Å²) in [6.07, 6.45) is 2.44. The molecule has 0 spiro atoms. The quantitative estimate of drug-likeness (QED) is 0.833. The number of para-hydroxylation sites is 2. The maximum atomic E-state index is 6.08. The second-order valence-electron chi connectivity index (χ2n) is 4.27. The lowest BCUT2D eigenvalue weighted by atomic mass is 10.3. The molecule has 0 fully saturated rings. The van der Waals surface area contributed by atoms with Gasteiger partial charge in [-0.15, -0.1) is 0 Å². The van der Waals surface area contributed by atoms with E-state index in [0.717, 1.165) is 13.0 Å². The normalized spacial score (nSPS) is 10.2. The van der Waals surface area contributed by atoms with Crippen LogP contribution >= 0.6 is 11.6 Å². The molecular formula is C15H18ClN3O2. The van der Waals surface area contributed by atoms with Gasteiger partial charge in [-0.2, -0.15) is 4.98 Å². The molecule has 0 saturated carbocycles. The Morgan fingerprint density at radius 2 is 1.95 bits per heavy atom. The number of hydrogen-bond acceptors (Lipinski definition) is 5. The minimum absolute atomic E-state index is 0.301. The molecule has 21 heavy (non-hydrogen) atoms. The van der Waals surface area contributed by atoms with E-state index in [1.807, 2.05) is 38.1 Å². The topological polar surface area (TPSA) is 56.3 Å². The van der Waals surface area contributed by atoms with Crippen LogP contribution in [0.4, 0.5) is 5.95 Å². The van der Waals surface area contributed by atoms with Gasteiger partial charge in [-0.25, -0.2) is 4.98 Å². The van der Waals surface area contributed by atoms with E-state index >= 15 is 0 Å². The predicted octanol–water partition coefficient (Wildman–Crippen LogP) is 4.14. The number of nitrogens with zero attached hydrogens (tertiary/aromatic N) is 2. The van der Waals surface area contributed by atoms with Crippen molar-refractivity contribution in [3.05, 3.63) is 35.5 Å². The lowest BCUT2D eigenvalue weighted by Gasteiger charge is -2.12. The summed E-state index contributed by atoms with van der Waals surface area (Å²) in [7, 11) is 0. The molecule has 1 heterocycles. The molecule has 1 aromatic carbocycles. The van der Waals surface area contributed by atoms with Crippen molar-refractivity contribution in [2.75, 3.05) is 18.5 Å². The van der Waals surface area contributed by atoms with E-state index in [4.69, 9.17) is 21.1 Å². The summed E-state index contributed by atoms with van der Waals surface area (Å²) in [5.41, 5.74) is 0. The number of nitrogens with one attached hydrogen (secondary N) is 1. The van der Waals surface area contributed by atoms with Gasteiger partial charge in [0.1, 0.15) is 5.02 Å². The number of ether oxygens (including phenoxy) is 2. The van der Waals surface area contributed by atoms with Crippen LogP contribution in [-0.4, -0.2) is 23.1 Å². The van der Waals surface area contributed by atoms with Crippen LogP contribution in [0.1, 0.15) is 20.3 Å². The summed E-state index contributed by atoms with van der Waals surface area (Å²) < 4.78 is 11.4. The largest absolute Gasteiger partial charge is 0.490 e. The van der Waals surface area contributed by atoms with Crippen LogP contribution in [0.25, 0.3) is 0 Å². The molecule has 1 aromatic heterocycles. The highest BCUT2D eigenvalue weighted by molar-refractivity contribution is 6.31. The first-order valence-electron chi connectivity index (χ1n) is 6.90. The summed E-state index contributed by atoms with van der Waals surface area (Å²) in [6, 6.07) is 7.43. The van der Waals surface area contributed by atoms with Crippen molar-refractivity contribution in [2.24, 2.45) is 0 Å². The van der Waals surface area contributed by atoms with Gasteiger partial charge in [-0.3, -0.25) is 0 Å². The molecule has 0 atom stereocenters. The van der Waals surface area contributed by atoms with E-state index in [-0.39, 0.29) is 0 Å². The Bertz CT molecular complexity index is 593. The first-order chi connectivity index (χ1) is 10.2. The number of halogens is 1. The molecule has 0 bridgehead atoms. The van der Waals surface area contributed by atoms with Crippen LogP contribution in [0.15, 0.2) is 30.5 Å². The van der Waals surface area contributed by atoms with Crippen LogP contribution in [0.3, 0.4) is 0 Å². The highest BCUT2D eigenvalue weighted by Crippen LogP contribution is 2.33. The second-order valence-corrected chi connectivity index (χ2v) is 4.68. The van der Waals surface area contributed by atoms with E-state index in [0.29, 0.717) is 35.0 Å². The maximum Gasteiger partial charge on any atom is 0.243 e. The van der Waals surface area contributed by atoms with Crippen molar-refractivity contribution in [3.63, 3.8) is 0 Å². The fraction of sp³-hybridized carbons (Fsp3) is 0.333. The number of rotatable bonds is 7. The lowest BCUT2D eigenvalue weighted by molar-refractivity contribution is 0.301. The van der Waals surface area contributed by atoms with E-state index in [9.17, 15) is 0 Å². The number of aromatic nitrogens is 2. The molecule has 0 radical (unpaired) electrons. The van der Waals surface area contributed by atoms with Crippen LogP contribution in [0, 0.1) is 0 Å². The summed E-state index contributed by atoms with van der Waals surface area (Å²) in [5.74, 6) is 2.02. The molecule has 0 aliphatic heterocycles. The lowest BCUT2D eigenvalue weighted by Crippen LogP contribution is -2.03. The molecule has 6 heteroatoms. The molecule has 2 rings (SSSR count). The Morgan fingerprint density at radius 3 is 2.67 bits per heavy atom. The van der Waals surface area contributed by atoms with Crippen molar-refractivity contribution < 1.29 is 9.47 Å². The average molecular weight is 308 g/mol. The van der Waals surface area contributed by atoms with Gasteiger partial charge >= 0.3 is 0 Å². The number of hydrogen-bond donors (Lipinski definition) is 1. The Balaban J connectivity index is 2.23. The number of benzene rings is 1. The highest BCUT2D eigenvalue weighted by Gasteiger charge is 2.11. The second kappa shape index (κ2) is 7.69. The molecule has 5 nitrogen and oxygen atoms in total. The monoisotopic (exact) mass is 307 g/mol. The zero-order valence-electron chi connectivity index (χ0n) is 12.1. The van der Waals surface area contributed by atoms with Gasteiger partial charge in [0.2, 0.25) is 11.8 Å². The van der Waals surface area contributed by atoms with Crippen molar-refractivity contribution in [3.8, 4) is 17.4 Å². The smallest absolute Gasteiger partial charge is 0.243 e. The molecule has 0 amide bonds. The fourth-order valence-corrected chi connectivity index (χ4v) is 1.77. The SMILES string of the molecule is CCCOc1ccccc1Oc1nc(NCC)ncc1Cl. The predicted molar refractivity (Wildman–Crippen MR) is 83.5 cm³/mol. The molecule has 0 aliphatic rings. The molecule has 1 N–H and O–H groups in total. The van der Waals surface area contributed by atoms with Gasteiger partial charge in [-0.05, 0) is 25.5 Å². The first-order valence-corrected chi connectivity index (χ1v) is 7.28. The van der Waals surface area contributed by atoms with E-state index in [1.165, 1.54) is 6.20 Å². The summed E-state index contributed by atoms with van der Waals surface area (Å²) >= 11 is 6.08. The van der Waals surface area contributed by atoms with E-state index in [2.05, 4.69) is 15.3 Å². The molecule has 0 aliphatic carbocycles. The third-order valence-electron chi connectivity index (χ3n) is 2.56. The van der Waals surface area contributed by atoms with E-state index < -0.39 is 0 Å². The van der Waals surface area contributed by atoms with Crippen molar-refractivity contribution in [1.29, 1.82) is 0 Å². The molecule has 112 valence electrons. The third-order valence-corrected chi connectivity index (χ3v) is 2.82. The van der Waals surface area contributed by atoms with Crippen LogP contribution < -0.4 is 14.8 Å². The van der Waals surface area contributed by atoms with Crippen LogP contribution in [0.2, 0.25) is 5.02 Å². The minimum Gasteiger partial charge on any atom is -0.490 e. The summed E-state index contributed by atoms with van der Waals surface area (Å²) in [4.78, 5) is 8.32. The Labute approximate surface area is 129 Å². The van der Waals surface area contributed by atoms with Gasteiger partial charge in [0.25, 0.3) is 0 Å². The van der Waals surface area contributed by atoms with Crippen LogP contribution in [-0.2, 0) is 0 Å². The first kappa shape index (κ1) is 15.4. The highest BCUT2D eigenvalue weighted by atomic mass is 35.5. The van der Waals surface area contributed by atoms with Crippen molar-refractivity contribution in [1.82, 2.24) is 9.97 Å². The Hall–Kier alpha value is -2.01. The van der Waals surface area contributed by atoms with Gasteiger partial charge in [0, 0.05) is 6.54 Å². The maximum absolute atomic E-state index is 6.08. The van der Waals surface area contributed by atoms with Crippen molar-refractivity contribution in [2.45, 2.75) is 20.3 Å². The van der Waals surface area contributed by atoms with Gasteiger partial charge in [-0.1, -0.05) is 30.7 Å². The molecule has 0 saturated heterocycles. The zero-order valence-corrected chi connectivity index (χ0v) is 12.9. The Kier molecular flexibility index (Phi) is 5.63. The zero-order chi connectivity index (χ0) is 15.1. The standard InChI is InChI=1S/C15H18ClN3O2/c1-3-9-20-12-7-5-6-8-13(12)21-14-11(16)10-18-15(19-14)17-4-2/h5-8,10H,3-4,9H2,1-2H3,(H,17,18,19). The van der Waals surface area contributed by atoms with Gasteiger partial charge in [0.15, 0.2) is 11.5 Å². The molecular weight excluding hydrogens is 290 g/mol. The number of anilines is 1. The van der Waals surface area contributed by atoms with E-state index in [1.54, 1.807) is 0 Å². The van der Waals surface area contributed by atoms with Gasteiger partial charge < -0.3 is 14.8 Å². The Morgan fingerprint density at radius 1 is 1.19 bits per heavy atom. The summed E-state index contributed by atoms with van der Waals surface area (Å²) in [6.45, 7) is 5.36. The minimum atomic E-state index is 0.301. The molecule has 2 aromatic rings. The fourth-order valence-electron chi connectivity index (χ4n) is 1.64. The summed E-state index contributed by atoms with van der Waals surface area (Å²) in [5, 5.41) is 3.37. The molecule has 0 unspecified atom stereocenters. The van der Waals surface area contributed by atoms with Crippen LogP contribution in [0.5, 0.6) is 17.4 Å². The average Bonchev–Trinajstić information content (AvgIpc) is 2.50.